The first-order valence-electron chi connectivity index (χ1n) is 6.82. The SMILES string of the molecule is COc1c(C(C)(C)F)ccc(C)c1C1(N=C=O)CCC1. The lowest BCUT2D eigenvalue weighted by molar-refractivity contribution is 0.206. The zero-order valence-corrected chi connectivity index (χ0v) is 12.4. The minimum absolute atomic E-state index is 0.493. The van der Waals surface area contributed by atoms with Crippen molar-refractivity contribution < 1.29 is 13.9 Å². The van der Waals surface area contributed by atoms with Crippen LogP contribution in [0.1, 0.15) is 49.8 Å². The van der Waals surface area contributed by atoms with E-state index in [0.717, 1.165) is 30.4 Å². The van der Waals surface area contributed by atoms with Crippen molar-refractivity contribution >= 4 is 6.08 Å². The number of carbonyl (C=O) groups excluding carboxylic acids is 1. The Kier molecular flexibility index (Phi) is 3.70. The molecule has 2 rings (SSSR count). The van der Waals surface area contributed by atoms with Gasteiger partial charge in [0.15, 0.2) is 0 Å². The fourth-order valence-corrected chi connectivity index (χ4v) is 2.96. The summed E-state index contributed by atoms with van der Waals surface area (Å²) in [6, 6.07) is 3.61. The molecule has 1 aromatic carbocycles. The first-order chi connectivity index (χ1) is 9.35. The number of nitrogens with zero attached hydrogens (tertiary/aromatic N) is 1. The number of aliphatic imine (C=N–C) groups is 1. The number of halogens is 1. The molecular weight excluding hydrogens is 257 g/mol. The van der Waals surface area contributed by atoms with E-state index in [1.807, 2.05) is 13.0 Å². The molecule has 0 spiro atoms. The van der Waals surface area contributed by atoms with Crippen molar-refractivity contribution in [3.63, 3.8) is 0 Å². The molecule has 0 atom stereocenters. The number of benzene rings is 1. The maximum Gasteiger partial charge on any atom is 0.235 e. The van der Waals surface area contributed by atoms with E-state index in [1.165, 1.54) is 21.0 Å². The molecule has 1 aromatic rings. The molecule has 0 aromatic heterocycles. The quantitative estimate of drug-likeness (QED) is 0.618. The Balaban J connectivity index is 2.72. The zero-order chi connectivity index (χ0) is 15.0. The summed E-state index contributed by atoms with van der Waals surface area (Å²) in [4.78, 5) is 14.8. The minimum atomic E-state index is -1.51. The number of rotatable bonds is 4. The van der Waals surface area contributed by atoms with Gasteiger partial charge in [-0.05, 0) is 45.6 Å². The van der Waals surface area contributed by atoms with Crippen LogP contribution in [0.25, 0.3) is 0 Å². The van der Waals surface area contributed by atoms with Gasteiger partial charge in [-0.15, -0.1) is 0 Å². The molecule has 0 unspecified atom stereocenters. The summed E-state index contributed by atoms with van der Waals surface area (Å²) < 4.78 is 19.9. The second-order valence-corrected chi connectivity index (χ2v) is 5.90. The van der Waals surface area contributed by atoms with E-state index in [9.17, 15) is 9.18 Å². The third-order valence-corrected chi connectivity index (χ3v) is 4.12. The molecule has 108 valence electrons. The van der Waals surface area contributed by atoms with Gasteiger partial charge < -0.3 is 4.74 Å². The summed E-state index contributed by atoms with van der Waals surface area (Å²) in [5, 5.41) is 0. The van der Waals surface area contributed by atoms with Crippen molar-refractivity contribution in [2.45, 2.75) is 51.2 Å². The Hall–Kier alpha value is -1.67. The average Bonchev–Trinajstić information content (AvgIpc) is 2.32. The summed E-state index contributed by atoms with van der Waals surface area (Å²) in [7, 11) is 1.53. The molecule has 1 fully saturated rings. The second-order valence-electron chi connectivity index (χ2n) is 5.90. The Morgan fingerprint density at radius 3 is 2.45 bits per heavy atom. The predicted octanol–water partition coefficient (Wildman–Crippen LogP) is 3.92. The zero-order valence-electron chi connectivity index (χ0n) is 12.4. The van der Waals surface area contributed by atoms with E-state index in [2.05, 4.69) is 4.99 Å². The van der Waals surface area contributed by atoms with Crippen LogP contribution in [0, 0.1) is 6.92 Å². The van der Waals surface area contributed by atoms with E-state index in [1.54, 1.807) is 12.1 Å². The van der Waals surface area contributed by atoms with Crippen LogP contribution >= 0.6 is 0 Å². The van der Waals surface area contributed by atoms with E-state index >= 15 is 0 Å². The van der Waals surface area contributed by atoms with E-state index < -0.39 is 11.2 Å². The molecule has 0 saturated heterocycles. The summed E-state index contributed by atoms with van der Waals surface area (Å²) >= 11 is 0. The molecule has 1 saturated carbocycles. The van der Waals surface area contributed by atoms with Crippen LogP contribution in [0.15, 0.2) is 17.1 Å². The topological polar surface area (TPSA) is 38.7 Å². The molecule has 0 bridgehead atoms. The fourth-order valence-electron chi connectivity index (χ4n) is 2.96. The average molecular weight is 277 g/mol. The van der Waals surface area contributed by atoms with Crippen molar-refractivity contribution in [2.75, 3.05) is 7.11 Å². The van der Waals surface area contributed by atoms with Crippen molar-refractivity contribution in [1.29, 1.82) is 0 Å². The lowest BCUT2D eigenvalue weighted by Crippen LogP contribution is -2.34. The molecular formula is C16H20FNO2. The number of methoxy groups -OCH3 is 1. The number of alkyl halides is 1. The Morgan fingerprint density at radius 1 is 1.40 bits per heavy atom. The monoisotopic (exact) mass is 277 g/mol. The van der Waals surface area contributed by atoms with Gasteiger partial charge in [0.2, 0.25) is 6.08 Å². The third kappa shape index (κ3) is 2.25. The van der Waals surface area contributed by atoms with Gasteiger partial charge in [-0.3, -0.25) is 0 Å². The van der Waals surface area contributed by atoms with Gasteiger partial charge in [-0.1, -0.05) is 12.1 Å². The maximum atomic E-state index is 14.4. The van der Waals surface area contributed by atoms with E-state index in [4.69, 9.17) is 4.74 Å². The number of hydrogen-bond acceptors (Lipinski definition) is 3. The van der Waals surface area contributed by atoms with Crippen LogP contribution in [0.2, 0.25) is 0 Å². The second kappa shape index (κ2) is 5.02. The number of isocyanates is 1. The molecule has 1 aliphatic rings. The first-order valence-corrected chi connectivity index (χ1v) is 6.82. The standard InChI is InChI=1S/C16H20FNO2/c1-11-6-7-12(15(2,3)17)14(20-4)13(11)16(18-10-19)8-5-9-16/h6-7H,5,8-9H2,1-4H3. The summed E-state index contributed by atoms with van der Waals surface area (Å²) in [5.41, 5.74) is 0.196. The molecule has 0 aliphatic heterocycles. The Labute approximate surface area is 118 Å². The summed E-state index contributed by atoms with van der Waals surface area (Å²) in [6.07, 6.45) is 4.22. The molecule has 0 heterocycles. The van der Waals surface area contributed by atoms with Gasteiger partial charge in [-0.25, -0.2) is 9.18 Å². The minimum Gasteiger partial charge on any atom is -0.496 e. The smallest absolute Gasteiger partial charge is 0.235 e. The molecule has 20 heavy (non-hydrogen) atoms. The fraction of sp³-hybridized carbons (Fsp3) is 0.562. The van der Waals surface area contributed by atoms with Gasteiger partial charge >= 0.3 is 0 Å². The van der Waals surface area contributed by atoms with Crippen LogP contribution in [0.4, 0.5) is 4.39 Å². The van der Waals surface area contributed by atoms with Gasteiger partial charge in [0.1, 0.15) is 17.0 Å². The number of ether oxygens (including phenoxy) is 1. The lowest BCUT2D eigenvalue weighted by atomic mass is 9.69. The first kappa shape index (κ1) is 14.7. The molecule has 0 radical (unpaired) electrons. The van der Waals surface area contributed by atoms with Crippen molar-refractivity contribution in [2.24, 2.45) is 4.99 Å². The Bertz CT molecular complexity index is 565. The molecule has 0 N–H and O–H groups in total. The van der Waals surface area contributed by atoms with Crippen molar-refractivity contribution in [1.82, 2.24) is 0 Å². The van der Waals surface area contributed by atoms with Gasteiger partial charge in [-0.2, -0.15) is 4.99 Å². The van der Waals surface area contributed by atoms with Crippen molar-refractivity contribution in [3.05, 3.63) is 28.8 Å². The Morgan fingerprint density at radius 2 is 2.05 bits per heavy atom. The summed E-state index contributed by atoms with van der Waals surface area (Å²) in [5.74, 6) is 0.510. The third-order valence-electron chi connectivity index (χ3n) is 4.12. The molecule has 4 heteroatoms. The van der Waals surface area contributed by atoms with Crippen LogP contribution in [0.5, 0.6) is 5.75 Å². The van der Waals surface area contributed by atoms with Crippen LogP contribution in [-0.4, -0.2) is 13.2 Å². The molecule has 3 nitrogen and oxygen atoms in total. The summed E-state index contributed by atoms with van der Waals surface area (Å²) in [6.45, 7) is 4.94. The highest BCUT2D eigenvalue weighted by Gasteiger charge is 2.43. The highest BCUT2D eigenvalue weighted by Crippen LogP contribution is 2.51. The predicted molar refractivity (Wildman–Crippen MR) is 75.5 cm³/mol. The number of aryl methyl sites for hydroxylation is 1. The van der Waals surface area contributed by atoms with Gasteiger partial charge in [0, 0.05) is 11.1 Å². The van der Waals surface area contributed by atoms with Crippen molar-refractivity contribution in [3.8, 4) is 5.75 Å². The van der Waals surface area contributed by atoms with Crippen LogP contribution in [-0.2, 0) is 16.0 Å². The van der Waals surface area contributed by atoms with Gasteiger partial charge in [0.25, 0.3) is 0 Å². The number of hydrogen-bond donors (Lipinski definition) is 0. The van der Waals surface area contributed by atoms with Crippen LogP contribution < -0.4 is 4.74 Å². The largest absolute Gasteiger partial charge is 0.496 e. The van der Waals surface area contributed by atoms with E-state index in [0.29, 0.717) is 11.3 Å². The highest BCUT2D eigenvalue weighted by atomic mass is 19.1. The van der Waals surface area contributed by atoms with Crippen LogP contribution in [0.3, 0.4) is 0 Å². The molecule has 1 aliphatic carbocycles. The molecule has 0 amide bonds. The van der Waals surface area contributed by atoms with E-state index in [-0.39, 0.29) is 0 Å². The van der Waals surface area contributed by atoms with Gasteiger partial charge in [0.05, 0.1) is 7.11 Å². The normalized spacial score (nSPS) is 17.1. The highest BCUT2D eigenvalue weighted by molar-refractivity contribution is 5.54. The lowest BCUT2D eigenvalue weighted by Gasteiger charge is -2.40. The maximum absolute atomic E-state index is 14.4.